The van der Waals surface area contributed by atoms with E-state index in [-0.39, 0.29) is 17.6 Å². The van der Waals surface area contributed by atoms with Gasteiger partial charge in [-0.05, 0) is 54.8 Å². The molecule has 1 aliphatic heterocycles. The molecule has 1 fully saturated rings. The van der Waals surface area contributed by atoms with Crippen molar-refractivity contribution in [2.24, 2.45) is 5.92 Å². The van der Waals surface area contributed by atoms with Gasteiger partial charge < -0.3 is 10.2 Å². The van der Waals surface area contributed by atoms with Crippen molar-refractivity contribution in [2.75, 3.05) is 18.0 Å². The predicted octanol–water partition coefficient (Wildman–Crippen LogP) is 4.30. The Bertz CT molecular complexity index is 959. The van der Waals surface area contributed by atoms with Gasteiger partial charge in [0.05, 0.1) is 0 Å². The van der Waals surface area contributed by atoms with Gasteiger partial charge in [0.15, 0.2) is 5.82 Å². The van der Waals surface area contributed by atoms with Gasteiger partial charge in [-0.2, -0.15) is 0 Å². The first-order valence-electron chi connectivity index (χ1n) is 10.0. The van der Waals surface area contributed by atoms with Crippen LogP contribution in [0, 0.1) is 11.7 Å². The third-order valence-electron chi connectivity index (χ3n) is 5.16. The molecule has 2 aromatic carbocycles. The van der Waals surface area contributed by atoms with Gasteiger partial charge in [0.2, 0.25) is 5.91 Å². The SMILES string of the molecule is O=C(NCc1ccc(F)cc1)C1CCN(c2ccc(Sc3ccccc3)nn2)CC1. The number of rotatable bonds is 6. The summed E-state index contributed by atoms with van der Waals surface area (Å²) in [5.41, 5.74) is 0.894. The standard InChI is InChI=1S/C23H23FN4OS/c24-19-8-6-17(7-9-19)16-25-23(29)18-12-14-28(15-13-18)21-10-11-22(27-26-21)30-20-4-2-1-3-5-20/h1-11,18H,12-16H2,(H,25,29). The lowest BCUT2D eigenvalue weighted by atomic mass is 9.96. The largest absolute Gasteiger partial charge is 0.355 e. The Morgan fingerprint density at radius 2 is 1.73 bits per heavy atom. The molecule has 1 amide bonds. The highest BCUT2D eigenvalue weighted by atomic mass is 32.2. The van der Waals surface area contributed by atoms with Crippen molar-refractivity contribution in [3.05, 3.63) is 78.1 Å². The normalized spacial score (nSPS) is 14.5. The van der Waals surface area contributed by atoms with Gasteiger partial charge in [-0.25, -0.2) is 4.39 Å². The van der Waals surface area contributed by atoms with Crippen LogP contribution in [0.3, 0.4) is 0 Å². The molecule has 1 saturated heterocycles. The number of carbonyl (C=O) groups excluding carboxylic acids is 1. The van der Waals surface area contributed by atoms with Gasteiger partial charge in [-0.3, -0.25) is 4.79 Å². The van der Waals surface area contributed by atoms with Crippen LogP contribution in [0.25, 0.3) is 0 Å². The van der Waals surface area contributed by atoms with E-state index in [1.54, 1.807) is 23.9 Å². The smallest absolute Gasteiger partial charge is 0.223 e. The fourth-order valence-electron chi connectivity index (χ4n) is 3.45. The van der Waals surface area contributed by atoms with E-state index >= 15 is 0 Å². The molecule has 30 heavy (non-hydrogen) atoms. The maximum atomic E-state index is 13.0. The van der Waals surface area contributed by atoms with Crippen molar-refractivity contribution in [1.29, 1.82) is 0 Å². The Labute approximate surface area is 179 Å². The molecule has 0 spiro atoms. The highest BCUT2D eigenvalue weighted by Crippen LogP contribution is 2.27. The van der Waals surface area contributed by atoms with Crippen LogP contribution in [-0.2, 0) is 11.3 Å². The van der Waals surface area contributed by atoms with Gasteiger partial charge in [-0.1, -0.05) is 42.1 Å². The van der Waals surface area contributed by atoms with E-state index < -0.39 is 0 Å². The number of aromatic nitrogens is 2. The van der Waals surface area contributed by atoms with Crippen LogP contribution < -0.4 is 10.2 Å². The summed E-state index contributed by atoms with van der Waals surface area (Å²) in [5, 5.41) is 12.5. The van der Waals surface area contributed by atoms with E-state index in [1.165, 1.54) is 12.1 Å². The minimum atomic E-state index is -0.271. The van der Waals surface area contributed by atoms with Gasteiger partial charge in [0, 0.05) is 30.4 Å². The zero-order valence-electron chi connectivity index (χ0n) is 16.5. The molecule has 4 rings (SSSR count). The number of nitrogens with one attached hydrogen (secondary N) is 1. The Kier molecular flexibility index (Phi) is 6.59. The number of carbonyl (C=O) groups is 1. The van der Waals surface area contributed by atoms with Crippen LogP contribution in [-0.4, -0.2) is 29.2 Å². The second kappa shape index (κ2) is 9.71. The second-order valence-electron chi connectivity index (χ2n) is 7.25. The molecule has 154 valence electrons. The van der Waals surface area contributed by atoms with Crippen molar-refractivity contribution < 1.29 is 9.18 Å². The summed E-state index contributed by atoms with van der Waals surface area (Å²) in [5.74, 6) is 0.618. The fraction of sp³-hybridized carbons (Fsp3) is 0.261. The molecule has 0 radical (unpaired) electrons. The second-order valence-corrected chi connectivity index (χ2v) is 8.34. The monoisotopic (exact) mass is 422 g/mol. The zero-order valence-corrected chi connectivity index (χ0v) is 17.3. The molecule has 1 N–H and O–H groups in total. The maximum Gasteiger partial charge on any atom is 0.223 e. The molecule has 0 unspecified atom stereocenters. The summed E-state index contributed by atoms with van der Waals surface area (Å²) < 4.78 is 13.0. The summed E-state index contributed by atoms with van der Waals surface area (Å²) in [6, 6.07) is 20.3. The maximum absolute atomic E-state index is 13.0. The molecule has 3 aromatic rings. The molecule has 5 nitrogen and oxygen atoms in total. The first-order chi connectivity index (χ1) is 14.7. The lowest BCUT2D eigenvalue weighted by Crippen LogP contribution is -2.40. The van der Waals surface area contributed by atoms with Crippen LogP contribution in [0.5, 0.6) is 0 Å². The molecule has 1 aliphatic rings. The Morgan fingerprint density at radius 3 is 2.40 bits per heavy atom. The van der Waals surface area contributed by atoms with E-state index in [1.807, 2.05) is 42.5 Å². The topological polar surface area (TPSA) is 58.1 Å². The van der Waals surface area contributed by atoms with Crippen molar-refractivity contribution in [2.45, 2.75) is 29.3 Å². The molecule has 1 aromatic heterocycles. The van der Waals surface area contributed by atoms with Crippen molar-refractivity contribution >= 4 is 23.5 Å². The minimum absolute atomic E-state index is 0.0115. The van der Waals surface area contributed by atoms with Crippen LogP contribution in [0.2, 0.25) is 0 Å². The molecular formula is C23H23FN4OS. The summed E-state index contributed by atoms with van der Waals surface area (Å²) >= 11 is 1.59. The van der Waals surface area contributed by atoms with Crippen molar-refractivity contribution in [3.8, 4) is 0 Å². The number of amides is 1. The van der Waals surface area contributed by atoms with Crippen molar-refractivity contribution in [1.82, 2.24) is 15.5 Å². The van der Waals surface area contributed by atoms with Gasteiger partial charge in [0.25, 0.3) is 0 Å². The quantitative estimate of drug-likeness (QED) is 0.642. The number of benzene rings is 2. The number of hydrogen-bond acceptors (Lipinski definition) is 5. The molecule has 0 saturated carbocycles. The molecule has 2 heterocycles. The third-order valence-corrected chi connectivity index (χ3v) is 6.10. The molecular weight excluding hydrogens is 399 g/mol. The van der Waals surface area contributed by atoms with E-state index in [2.05, 4.69) is 20.4 Å². The fourth-order valence-corrected chi connectivity index (χ4v) is 4.20. The highest BCUT2D eigenvalue weighted by Gasteiger charge is 2.25. The Hall–Kier alpha value is -2.93. The van der Waals surface area contributed by atoms with Crippen LogP contribution >= 0.6 is 11.8 Å². The summed E-state index contributed by atoms with van der Waals surface area (Å²) in [7, 11) is 0. The van der Waals surface area contributed by atoms with Gasteiger partial charge >= 0.3 is 0 Å². The lowest BCUT2D eigenvalue weighted by molar-refractivity contribution is -0.125. The number of halogens is 1. The summed E-state index contributed by atoms with van der Waals surface area (Å²) in [6.07, 6.45) is 1.55. The van der Waals surface area contributed by atoms with Crippen LogP contribution in [0.4, 0.5) is 10.2 Å². The molecule has 0 bridgehead atoms. The molecule has 7 heteroatoms. The number of piperidine rings is 1. The predicted molar refractivity (Wildman–Crippen MR) is 116 cm³/mol. The Balaban J connectivity index is 1.25. The number of hydrogen-bond donors (Lipinski definition) is 1. The molecule has 0 aliphatic carbocycles. The highest BCUT2D eigenvalue weighted by molar-refractivity contribution is 7.99. The Morgan fingerprint density at radius 1 is 1.00 bits per heavy atom. The summed E-state index contributed by atoms with van der Waals surface area (Å²) in [4.78, 5) is 15.8. The minimum Gasteiger partial charge on any atom is -0.355 e. The van der Waals surface area contributed by atoms with E-state index in [4.69, 9.17) is 0 Å². The van der Waals surface area contributed by atoms with Crippen LogP contribution in [0.15, 0.2) is 76.7 Å². The number of anilines is 1. The van der Waals surface area contributed by atoms with E-state index in [0.29, 0.717) is 6.54 Å². The van der Waals surface area contributed by atoms with E-state index in [0.717, 1.165) is 47.2 Å². The van der Waals surface area contributed by atoms with Gasteiger partial charge in [-0.15, -0.1) is 10.2 Å². The molecule has 0 atom stereocenters. The summed E-state index contributed by atoms with van der Waals surface area (Å²) in [6.45, 7) is 1.97. The first-order valence-corrected chi connectivity index (χ1v) is 10.8. The first kappa shape index (κ1) is 20.3. The number of nitrogens with zero attached hydrogens (tertiary/aromatic N) is 3. The third kappa shape index (κ3) is 5.36. The lowest BCUT2D eigenvalue weighted by Gasteiger charge is -2.31. The van der Waals surface area contributed by atoms with Gasteiger partial charge in [0.1, 0.15) is 10.8 Å². The van der Waals surface area contributed by atoms with Crippen LogP contribution in [0.1, 0.15) is 18.4 Å². The van der Waals surface area contributed by atoms with E-state index in [9.17, 15) is 9.18 Å². The van der Waals surface area contributed by atoms with Crippen molar-refractivity contribution in [3.63, 3.8) is 0 Å². The average Bonchev–Trinajstić information content (AvgIpc) is 2.80. The average molecular weight is 423 g/mol. The zero-order chi connectivity index (χ0) is 20.8.